The molecule has 1 saturated carbocycles. The van der Waals surface area contributed by atoms with Crippen LogP contribution >= 0.6 is 11.3 Å². The van der Waals surface area contributed by atoms with E-state index in [1.54, 1.807) is 23.7 Å². The Morgan fingerprint density at radius 2 is 2.04 bits per heavy atom. The molecule has 0 bridgehead atoms. The number of hydrogen-bond donors (Lipinski definition) is 2. The smallest absolute Gasteiger partial charge is 0.257 e. The molecule has 0 spiro atoms. The van der Waals surface area contributed by atoms with Gasteiger partial charge in [0.1, 0.15) is 6.10 Å². The number of ether oxygens (including phenoxy) is 1. The predicted molar refractivity (Wildman–Crippen MR) is 106 cm³/mol. The zero-order valence-corrected chi connectivity index (χ0v) is 15.6. The van der Waals surface area contributed by atoms with Crippen molar-refractivity contribution in [2.75, 3.05) is 23.3 Å². The molecule has 1 aliphatic carbocycles. The topological polar surface area (TPSA) is 83.4 Å². The molecule has 3 heterocycles. The minimum atomic E-state index is -0.300. The van der Waals surface area contributed by atoms with Gasteiger partial charge in [0, 0.05) is 44.4 Å². The Balaban J connectivity index is 1.19. The summed E-state index contributed by atoms with van der Waals surface area (Å²) in [6.07, 6.45) is 5.73. The summed E-state index contributed by atoms with van der Waals surface area (Å²) in [5.41, 5.74) is 1.04. The van der Waals surface area contributed by atoms with Crippen molar-refractivity contribution in [1.82, 2.24) is 15.0 Å². The van der Waals surface area contributed by atoms with Gasteiger partial charge in [0.2, 0.25) is 0 Å². The number of aliphatic hydroxyl groups excluding tert-OH is 1. The van der Waals surface area contributed by atoms with E-state index in [1.165, 1.54) is 4.70 Å². The maximum Gasteiger partial charge on any atom is 0.257 e. The maximum absolute atomic E-state index is 9.77. The van der Waals surface area contributed by atoms with E-state index in [0.717, 1.165) is 42.3 Å². The van der Waals surface area contributed by atoms with Gasteiger partial charge in [0.05, 0.1) is 16.3 Å². The largest absolute Gasteiger partial charge is 0.472 e. The molecular formula is C19H21N5O2S. The van der Waals surface area contributed by atoms with Crippen molar-refractivity contribution in [2.45, 2.75) is 37.5 Å². The van der Waals surface area contributed by atoms with Gasteiger partial charge in [0.25, 0.3) is 5.88 Å². The first-order valence-corrected chi connectivity index (χ1v) is 10.1. The van der Waals surface area contributed by atoms with E-state index in [-0.39, 0.29) is 12.2 Å². The lowest BCUT2D eigenvalue weighted by Gasteiger charge is -2.35. The highest BCUT2D eigenvalue weighted by Crippen LogP contribution is 2.34. The van der Waals surface area contributed by atoms with Crippen LogP contribution in [-0.2, 0) is 0 Å². The van der Waals surface area contributed by atoms with Crippen molar-refractivity contribution < 1.29 is 9.84 Å². The Bertz CT molecular complexity index is 910. The lowest BCUT2D eigenvalue weighted by Crippen LogP contribution is -2.43. The molecule has 1 aromatic carbocycles. The van der Waals surface area contributed by atoms with E-state index < -0.39 is 0 Å². The van der Waals surface area contributed by atoms with Crippen LogP contribution in [0.4, 0.5) is 10.9 Å². The summed E-state index contributed by atoms with van der Waals surface area (Å²) in [6, 6.07) is 8.54. The summed E-state index contributed by atoms with van der Waals surface area (Å²) in [5.74, 6) is 1.30. The van der Waals surface area contributed by atoms with Crippen LogP contribution in [0.1, 0.15) is 19.3 Å². The summed E-state index contributed by atoms with van der Waals surface area (Å²) in [5, 5.41) is 14.2. The standard InChI is InChI=1S/C19H21N5O2S/c25-13-5-8-24(11-13)17-18(21-7-6-20-17)26-14-9-12(10-14)22-19-23-15-3-1-2-4-16(15)27-19/h1-4,6-7,12-14,25H,5,8-11H2,(H,22,23). The van der Waals surface area contributed by atoms with Crippen LogP contribution in [0.5, 0.6) is 5.88 Å². The molecule has 1 saturated heterocycles. The molecule has 7 nitrogen and oxygen atoms in total. The zero-order chi connectivity index (χ0) is 18.2. The van der Waals surface area contributed by atoms with Gasteiger partial charge in [-0.25, -0.2) is 15.0 Å². The number of hydrogen-bond acceptors (Lipinski definition) is 8. The average Bonchev–Trinajstić information content (AvgIpc) is 3.26. The number of aliphatic hydroxyl groups is 1. The van der Waals surface area contributed by atoms with E-state index in [1.807, 2.05) is 23.1 Å². The molecule has 2 aliphatic rings. The average molecular weight is 383 g/mol. The third-order valence-corrected chi connectivity index (χ3v) is 6.07. The van der Waals surface area contributed by atoms with Gasteiger partial charge in [-0.3, -0.25) is 0 Å². The molecule has 3 aromatic rings. The van der Waals surface area contributed by atoms with Crippen molar-refractivity contribution in [3.8, 4) is 5.88 Å². The number of fused-ring (bicyclic) bond motifs is 1. The Morgan fingerprint density at radius 3 is 2.85 bits per heavy atom. The van der Waals surface area contributed by atoms with Crippen LogP contribution in [0.15, 0.2) is 36.7 Å². The van der Waals surface area contributed by atoms with Gasteiger partial charge in [-0.1, -0.05) is 23.5 Å². The second-order valence-electron chi connectivity index (χ2n) is 7.11. The number of β-amino-alcohol motifs (C(OH)–C–C–N with tert-alkyl or cyclic N) is 1. The summed E-state index contributed by atoms with van der Waals surface area (Å²) in [4.78, 5) is 15.5. The number of aromatic nitrogens is 3. The van der Waals surface area contributed by atoms with E-state index in [9.17, 15) is 5.11 Å². The Labute approximate surface area is 161 Å². The Hall–Kier alpha value is -2.45. The number of nitrogens with zero attached hydrogens (tertiary/aromatic N) is 4. The molecule has 27 heavy (non-hydrogen) atoms. The van der Waals surface area contributed by atoms with Crippen LogP contribution in [0.2, 0.25) is 0 Å². The highest BCUT2D eigenvalue weighted by atomic mass is 32.1. The summed E-state index contributed by atoms with van der Waals surface area (Å²) >= 11 is 1.68. The SMILES string of the molecule is OC1CCN(c2nccnc2OC2CC(Nc3nc4ccccc4s3)C2)C1. The minimum Gasteiger partial charge on any atom is -0.472 e. The maximum atomic E-state index is 9.77. The van der Waals surface area contributed by atoms with Crippen molar-refractivity contribution in [3.05, 3.63) is 36.7 Å². The molecular weight excluding hydrogens is 362 g/mol. The molecule has 2 N–H and O–H groups in total. The van der Waals surface area contributed by atoms with Crippen molar-refractivity contribution in [2.24, 2.45) is 0 Å². The lowest BCUT2D eigenvalue weighted by molar-refractivity contribution is 0.103. The highest BCUT2D eigenvalue weighted by molar-refractivity contribution is 7.22. The van der Waals surface area contributed by atoms with E-state index in [4.69, 9.17) is 4.74 Å². The highest BCUT2D eigenvalue weighted by Gasteiger charge is 2.33. The van der Waals surface area contributed by atoms with Crippen LogP contribution in [0, 0.1) is 0 Å². The molecule has 0 amide bonds. The van der Waals surface area contributed by atoms with E-state index >= 15 is 0 Å². The molecule has 1 atom stereocenters. The number of para-hydroxylation sites is 1. The van der Waals surface area contributed by atoms with Crippen LogP contribution in [0.3, 0.4) is 0 Å². The monoisotopic (exact) mass is 383 g/mol. The molecule has 5 rings (SSSR count). The fraction of sp³-hybridized carbons (Fsp3) is 0.421. The molecule has 1 unspecified atom stereocenters. The van der Waals surface area contributed by atoms with Gasteiger partial charge in [-0.05, 0) is 18.6 Å². The normalized spacial score (nSPS) is 24.8. The third-order valence-electron chi connectivity index (χ3n) is 5.10. The fourth-order valence-electron chi connectivity index (χ4n) is 3.60. The van der Waals surface area contributed by atoms with Gasteiger partial charge >= 0.3 is 0 Å². The minimum absolute atomic E-state index is 0.125. The summed E-state index contributed by atoms with van der Waals surface area (Å²) in [7, 11) is 0. The molecule has 2 fully saturated rings. The fourth-order valence-corrected chi connectivity index (χ4v) is 4.54. The van der Waals surface area contributed by atoms with Crippen LogP contribution < -0.4 is 15.0 Å². The molecule has 1 aliphatic heterocycles. The molecule has 2 aromatic heterocycles. The third kappa shape index (κ3) is 3.42. The second kappa shape index (κ2) is 6.94. The zero-order valence-electron chi connectivity index (χ0n) is 14.8. The van der Waals surface area contributed by atoms with Gasteiger partial charge in [-0.15, -0.1) is 0 Å². The van der Waals surface area contributed by atoms with Crippen molar-refractivity contribution >= 4 is 32.5 Å². The molecule has 8 heteroatoms. The van der Waals surface area contributed by atoms with Crippen LogP contribution in [0.25, 0.3) is 10.2 Å². The van der Waals surface area contributed by atoms with Crippen molar-refractivity contribution in [1.29, 1.82) is 0 Å². The first kappa shape index (κ1) is 16.7. The van der Waals surface area contributed by atoms with Gasteiger partial charge in [0.15, 0.2) is 10.9 Å². The molecule has 140 valence electrons. The van der Waals surface area contributed by atoms with Gasteiger partial charge in [-0.2, -0.15) is 0 Å². The first-order chi connectivity index (χ1) is 13.2. The summed E-state index contributed by atoms with van der Waals surface area (Å²) in [6.45, 7) is 1.37. The lowest BCUT2D eigenvalue weighted by atomic mass is 9.89. The Morgan fingerprint density at radius 1 is 1.19 bits per heavy atom. The van der Waals surface area contributed by atoms with E-state index in [2.05, 4.69) is 26.3 Å². The second-order valence-corrected chi connectivity index (χ2v) is 8.14. The summed E-state index contributed by atoms with van der Waals surface area (Å²) < 4.78 is 7.30. The van der Waals surface area contributed by atoms with E-state index in [0.29, 0.717) is 18.5 Å². The first-order valence-electron chi connectivity index (χ1n) is 9.27. The van der Waals surface area contributed by atoms with Gasteiger partial charge < -0.3 is 20.1 Å². The number of nitrogens with one attached hydrogen (secondary N) is 1. The molecule has 0 radical (unpaired) electrons. The van der Waals surface area contributed by atoms with Crippen molar-refractivity contribution in [3.63, 3.8) is 0 Å². The van der Waals surface area contributed by atoms with Crippen LogP contribution in [-0.4, -0.2) is 51.4 Å². The number of thiazole rings is 1. The number of rotatable bonds is 5. The predicted octanol–water partition coefficient (Wildman–Crippen LogP) is 2.68. The Kier molecular flexibility index (Phi) is 4.29. The number of benzene rings is 1. The number of anilines is 2. The quantitative estimate of drug-likeness (QED) is 0.701.